The molecule has 0 saturated carbocycles. The summed E-state index contributed by atoms with van der Waals surface area (Å²) >= 11 is 0. The third-order valence-corrected chi connectivity index (χ3v) is 5.24. The Morgan fingerprint density at radius 2 is 1.87 bits per heavy atom. The van der Waals surface area contributed by atoms with E-state index in [1.54, 1.807) is 35.9 Å². The highest BCUT2D eigenvalue weighted by Crippen LogP contribution is 2.40. The molecule has 6 nitrogen and oxygen atoms in total. The number of ether oxygens (including phenoxy) is 1. The van der Waals surface area contributed by atoms with Gasteiger partial charge in [0.05, 0.1) is 32.7 Å². The van der Waals surface area contributed by atoms with E-state index in [0.717, 1.165) is 11.1 Å². The average Bonchev–Trinajstić information content (AvgIpc) is 3.32. The number of hydrogen-bond donors (Lipinski definition) is 0. The summed E-state index contributed by atoms with van der Waals surface area (Å²) in [6, 6.07) is 15.8. The topological polar surface area (TPSA) is 60.2 Å². The van der Waals surface area contributed by atoms with E-state index in [4.69, 9.17) is 4.74 Å². The maximum absolute atomic E-state index is 14.3. The molecular formula is C22H22F2N4O2. The molecule has 0 aliphatic carbocycles. The monoisotopic (exact) mass is 412 g/mol. The predicted molar refractivity (Wildman–Crippen MR) is 106 cm³/mol. The van der Waals surface area contributed by atoms with E-state index in [9.17, 15) is 13.6 Å². The van der Waals surface area contributed by atoms with Crippen LogP contribution in [0.4, 0.5) is 8.78 Å². The number of likely N-dealkylation sites (tertiary alicyclic amines) is 1. The maximum Gasteiger partial charge on any atom is 0.267 e. The SMILES string of the molecule is COc1ccc(CC(=O)N2CC(F)(F)CC2c2nncn2Cc2ccccc2)cc1. The molecule has 0 bridgehead atoms. The fraction of sp³-hybridized carbons (Fsp3) is 0.318. The molecule has 0 radical (unpaired) electrons. The lowest BCUT2D eigenvalue weighted by Crippen LogP contribution is -2.35. The van der Waals surface area contributed by atoms with Gasteiger partial charge in [-0.25, -0.2) is 8.78 Å². The minimum Gasteiger partial charge on any atom is -0.497 e. The molecule has 4 rings (SSSR count). The Bertz CT molecular complexity index is 1010. The van der Waals surface area contributed by atoms with Crippen LogP contribution in [0.1, 0.15) is 29.4 Å². The van der Waals surface area contributed by atoms with E-state index < -0.39 is 24.9 Å². The summed E-state index contributed by atoms with van der Waals surface area (Å²) < 4.78 is 35.5. The molecule has 2 heterocycles. The smallest absolute Gasteiger partial charge is 0.267 e. The van der Waals surface area contributed by atoms with Gasteiger partial charge in [0.15, 0.2) is 5.82 Å². The van der Waals surface area contributed by atoms with Crippen molar-refractivity contribution in [3.8, 4) is 5.75 Å². The Morgan fingerprint density at radius 3 is 2.57 bits per heavy atom. The van der Waals surface area contributed by atoms with Gasteiger partial charge in [-0.1, -0.05) is 42.5 Å². The van der Waals surface area contributed by atoms with Gasteiger partial charge in [-0.3, -0.25) is 4.79 Å². The van der Waals surface area contributed by atoms with Gasteiger partial charge >= 0.3 is 0 Å². The second-order valence-electron chi connectivity index (χ2n) is 7.43. The van der Waals surface area contributed by atoms with E-state index >= 15 is 0 Å². The van der Waals surface area contributed by atoms with Crippen LogP contribution in [0.15, 0.2) is 60.9 Å². The highest BCUT2D eigenvalue weighted by atomic mass is 19.3. The standard InChI is InChI=1S/C22H22F2N4O2/c1-30-18-9-7-16(8-10-18)11-20(29)28-14-22(23,24)12-19(28)21-26-25-15-27(21)13-17-5-3-2-4-6-17/h2-10,15,19H,11-14H2,1H3. The number of carbonyl (C=O) groups excluding carboxylic acids is 1. The molecule has 1 aliphatic rings. The van der Waals surface area contributed by atoms with Gasteiger partial charge in [0.1, 0.15) is 12.1 Å². The molecule has 2 aromatic carbocycles. The average molecular weight is 412 g/mol. The Morgan fingerprint density at radius 1 is 1.13 bits per heavy atom. The third kappa shape index (κ3) is 4.32. The van der Waals surface area contributed by atoms with Crippen molar-refractivity contribution < 1.29 is 18.3 Å². The van der Waals surface area contributed by atoms with Crippen LogP contribution < -0.4 is 4.74 Å². The number of carbonyl (C=O) groups is 1. The molecule has 1 aliphatic heterocycles. The van der Waals surface area contributed by atoms with Crippen molar-refractivity contribution in [2.24, 2.45) is 0 Å². The number of aromatic nitrogens is 3. The van der Waals surface area contributed by atoms with Crippen molar-refractivity contribution in [1.82, 2.24) is 19.7 Å². The second-order valence-corrected chi connectivity index (χ2v) is 7.43. The van der Waals surface area contributed by atoms with E-state index in [1.807, 2.05) is 30.3 Å². The third-order valence-electron chi connectivity index (χ3n) is 5.24. The molecule has 0 spiro atoms. The van der Waals surface area contributed by atoms with Gasteiger partial charge in [0, 0.05) is 6.42 Å². The normalized spacial score (nSPS) is 17.8. The fourth-order valence-corrected chi connectivity index (χ4v) is 3.75. The zero-order valence-corrected chi connectivity index (χ0v) is 16.5. The second kappa shape index (κ2) is 8.22. The predicted octanol–water partition coefficient (Wildman–Crippen LogP) is 3.49. The van der Waals surface area contributed by atoms with Crippen molar-refractivity contribution in [3.05, 3.63) is 77.9 Å². The van der Waals surface area contributed by atoms with E-state index in [1.165, 1.54) is 11.2 Å². The van der Waals surface area contributed by atoms with Crippen molar-refractivity contribution >= 4 is 5.91 Å². The molecule has 30 heavy (non-hydrogen) atoms. The molecule has 156 valence electrons. The van der Waals surface area contributed by atoms with Gasteiger partial charge in [-0.05, 0) is 23.3 Å². The Kier molecular flexibility index (Phi) is 5.48. The molecule has 1 atom stereocenters. The summed E-state index contributed by atoms with van der Waals surface area (Å²) in [5.74, 6) is -2.29. The zero-order valence-electron chi connectivity index (χ0n) is 16.5. The molecule has 1 saturated heterocycles. The number of amides is 1. The highest BCUT2D eigenvalue weighted by Gasteiger charge is 2.49. The number of benzene rings is 2. The summed E-state index contributed by atoms with van der Waals surface area (Å²) in [5, 5.41) is 8.02. The maximum atomic E-state index is 14.3. The summed E-state index contributed by atoms with van der Waals surface area (Å²) in [7, 11) is 1.56. The molecule has 1 fully saturated rings. The van der Waals surface area contributed by atoms with E-state index in [-0.39, 0.29) is 12.3 Å². The summed E-state index contributed by atoms with van der Waals surface area (Å²) in [6.07, 6.45) is 1.09. The Labute approximate surface area is 173 Å². The zero-order chi connectivity index (χ0) is 21.1. The lowest BCUT2D eigenvalue weighted by atomic mass is 10.1. The van der Waals surface area contributed by atoms with Gasteiger partial charge in [-0.15, -0.1) is 10.2 Å². The first-order valence-corrected chi connectivity index (χ1v) is 9.67. The largest absolute Gasteiger partial charge is 0.497 e. The molecular weight excluding hydrogens is 390 g/mol. The lowest BCUT2D eigenvalue weighted by Gasteiger charge is -2.24. The van der Waals surface area contributed by atoms with E-state index in [2.05, 4.69) is 10.2 Å². The minimum absolute atomic E-state index is 0.0311. The van der Waals surface area contributed by atoms with Crippen LogP contribution in [-0.4, -0.2) is 45.1 Å². The lowest BCUT2D eigenvalue weighted by molar-refractivity contribution is -0.132. The fourth-order valence-electron chi connectivity index (χ4n) is 3.75. The van der Waals surface area contributed by atoms with Gasteiger partial charge in [0.2, 0.25) is 5.91 Å². The van der Waals surface area contributed by atoms with Crippen LogP contribution in [0.2, 0.25) is 0 Å². The summed E-state index contributed by atoms with van der Waals surface area (Å²) in [4.78, 5) is 14.2. The van der Waals surface area contributed by atoms with Crippen molar-refractivity contribution in [2.75, 3.05) is 13.7 Å². The van der Waals surface area contributed by atoms with Crippen molar-refractivity contribution in [1.29, 1.82) is 0 Å². The number of alkyl halides is 2. The van der Waals surface area contributed by atoms with Crippen LogP contribution in [-0.2, 0) is 17.8 Å². The van der Waals surface area contributed by atoms with Crippen molar-refractivity contribution in [2.45, 2.75) is 31.4 Å². The van der Waals surface area contributed by atoms with Crippen LogP contribution in [0, 0.1) is 0 Å². The summed E-state index contributed by atoms with van der Waals surface area (Å²) in [6.45, 7) is -0.170. The highest BCUT2D eigenvalue weighted by molar-refractivity contribution is 5.79. The molecule has 8 heteroatoms. The number of hydrogen-bond acceptors (Lipinski definition) is 4. The van der Waals surface area contributed by atoms with Crippen LogP contribution >= 0.6 is 0 Å². The first-order valence-electron chi connectivity index (χ1n) is 9.67. The number of nitrogens with zero attached hydrogens (tertiary/aromatic N) is 4. The minimum atomic E-state index is -2.97. The Balaban J connectivity index is 1.56. The molecule has 1 amide bonds. The van der Waals surface area contributed by atoms with Gasteiger partial charge in [-0.2, -0.15) is 0 Å². The summed E-state index contributed by atoms with van der Waals surface area (Å²) in [5.41, 5.74) is 1.74. The van der Waals surface area contributed by atoms with Crippen LogP contribution in [0.5, 0.6) is 5.75 Å². The molecule has 1 unspecified atom stereocenters. The van der Waals surface area contributed by atoms with E-state index in [0.29, 0.717) is 18.1 Å². The molecule has 1 aromatic heterocycles. The van der Waals surface area contributed by atoms with Crippen molar-refractivity contribution in [3.63, 3.8) is 0 Å². The first kappa shape index (κ1) is 20.0. The number of rotatable bonds is 6. The number of halogens is 2. The Hall–Kier alpha value is -3.29. The quantitative estimate of drug-likeness (QED) is 0.622. The number of methoxy groups -OCH3 is 1. The molecule has 0 N–H and O–H groups in total. The van der Waals surface area contributed by atoms with Gasteiger partial charge in [0.25, 0.3) is 5.92 Å². The first-order chi connectivity index (χ1) is 14.4. The van der Waals surface area contributed by atoms with Crippen LogP contribution in [0.25, 0.3) is 0 Å². The molecule has 3 aromatic rings. The van der Waals surface area contributed by atoms with Crippen LogP contribution in [0.3, 0.4) is 0 Å². The van der Waals surface area contributed by atoms with Gasteiger partial charge < -0.3 is 14.2 Å².